The van der Waals surface area contributed by atoms with Crippen molar-refractivity contribution in [2.45, 2.75) is 24.9 Å². The molecule has 2 aliphatic carbocycles. The van der Waals surface area contributed by atoms with E-state index in [4.69, 9.17) is 0 Å². The van der Waals surface area contributed by atoms with Gasteiger partial charge >= 0.3 is 6.18 Å². The normalized spacial score (nSPS) is 19.5. The van der Waals surface area contributed by atoms with Gasteiger partial charge in [0, 0.05) is 29.3 Å². The molecule has 2 nitrogen and oxygen atoms in total. The molecule has 2 atom stereocenters. The fourth-order valence-corrected chi connectivity index (χ4v) is 5.70. The molecule has 6 heteroatoms. The van der Waals surface area contributed by atoms with Crippen molar-refractivity contribution in [2.75, 3.05) is 0 Å². The maximum atomic E-state index is 14.2. The topological polar surface area (TPSA) is 29.1 Å². The Morgan fingerprint density at radius 3 is 2.61 bits per heavy atom. The Labute approximate surface area is 217 Å². The second kappa shape index (κ2) is 9.28. The Bertz CT molecular complexity index is 1680. The summed E-state index contributed by atoms with van der Waals surface area (Å²) in [4.78, 5) is 13.7. The van der Waals surface area contributed by atoms with Crippen molar-refractivity contribution < 1.29 is 22.4 Å². The number of Topliss-reactive ketones (excluding diaryl/α,β-unsaturated/α-hetero) is 1. The Morgan fingerprint density at radius 2 is 1.76 bits per heavy atom. The summed E-state index contributed by atoms with van der Waals surface area (Å²) in [5, 5.41) is 5.21. The van der Waals surface area contributed by atoms with Crippen LogP contribution in [0.2, 0.25) is 0 Å². The van der Waals surface area contributed by atoms with Gasteiger partial charge in [0.05, 0.1) is 5.56 Å². The number of rotatable bonds is 3. The van der Waals surface area contributed by atoms with Crippen molar-refractivity contribution in [3.05, 3.63) is 129 Å². The monoisotopic (exact) mass is 513 g/mol. The van der Waals surface area contributed by atoms with Gasteiger partial charge in [-0.1, -0.05) is 60.7 Å². The van der Waals surface area contributed by atoms with E-state index in [1.807, 2.05) is 48.7 Å². The zero-order valence-corrected chi connectivity index (χ0v) is 20.2. The number of alkyl halides is 3. The summed E-state index contributed by atoms with van der Waals surface area (Å²) in [6.45, 7) is 0. The number of allylic oxidation sites excluding steroid dienone is 5. The van der Waals surface area contributed by atoms with Gasteiger partial charge in [-0.3, -0.25) is 4.79 Å². The van der Waals surface area contributed by atoms with Crippen LogP contribution in [0.15, 0.2) is 90.8 Å². The zero-order chi connectivity index (χ0) is 26.4. The van der Waals surface area contributed by atoms with Crippen LogP contribution in [0.1, 0.15) is 39.4 Å². The van der Waals surface area contributed by atoms with E-state index in [-0.39, 0.29) is 11.5 Å². The summed E-state index contributed by atoms with van der Waals surface area (Å²) in [5.41, 5.74) is 3.88. The van der Waals surface area contributed by atoms with Crippen LogP contribution in [-0.4, -0.2) is 5.78 Å². The van der Waals surface area contributed by atoms with Gasteiger partial charge in [0.15, 0.2) is 5.78 Å². The lowest BCUT2D eigenvalue weighted by molar-refractivity contribution is -0.137. The average molecular weight is 514 g/mol. The van der Waals surface area contributed by atoms with E-state index in [2.05, 4.69) is 35.7 Å². The highest BCUT2D eigenvalue weighted by molar-refractivity contribution is 6.01. The molecule has 0 fully saturated rings. The fraction of sp³-hybridized carbons (Fsp3) is 0.156. The lowest BCUT2D eigenvalue weighted by Crippen LogP contribution is -2.40. The van der Waals surface area contributed by atoms with Crippen molar-refractivity contribution >= 4 is 17.9 Å². The van der Waals surface area contributed by atoms with Crippen molar-refractivity contribution in [1.29, 1.82) is 0 Å². The molecule has 3 aromatic carbocycles. The molecular formula is C32H23F4NO. The third-order valence-corrected chi connectivity index (χ3v) is 7.45. The highest BCUT2D eigenvalue weighted by Gasteiger charge is 2.34. The van der Waals surface area contributed by atoms with Crippen LogP contribution in [0.5, 0.6) is 0 Å². The molecule has 3 aromatic rings. The van der Waals surface area contributed by atoms with Gasteiger partial charge in [-0.15, -0.1) is 0 Å². The molecule has 0 radical (unpaired) electrons. The van der Waals surface area contributed by atoms with E-state index < -0.39 is 29.3 Å². The SMILES string of the molecule is O=C(c1cc(F)cc(C(F)(F)F)c1)C1C=c2c(ccc3c2=CCc2ccccc2-3)C(C2=CC=CC=CN2)C1. The summed E-state index contributed by atoms with van der Waals surface area (Å²) in [5.74, 6) is -2.55. The molecule has 0 amide bonds. The molecular weight excluding hydrogens is 490 g/mol. The van der Waals surface area contributed by atoms with Gasteiger partial charge in [0.25, 0.3) is 0 Å². The van der Waals surface area contributed by atoms with E-state index in [0.29, 0.717) is 12.5 Å². The van der Waals surface area contributed by atoms with Crippen LogP contribution < -0.4 is 15.8 Å². The summed E-state index contributed by atoms with van der Waals surface area (Å²) in [7, 11) is 0. The largest absolute Gasteiger partial charge is 0.416 e. The molecule has 6 rings (SSSR count). The first-order valence-electron chi connectivity index (χ1n) is 12.4. The van der Waals surface area contributed by atoms with Crippen LogP contribution in [-0.2, 0) is 12.6 Å². The standard InChI is InChI=1S/C32H23F4NO/c33-23-15-20(14-22(18-23)32(34,35)36)31(38)21-16-28-26-10-9-19-6-3-4-7-24(19)25(26)11-12-27(28)29(17-21)30-8-2-1-5-13-37-30/h1-8,10-16,18,21,29,37H,9,17H2. The number of benzene rings is 3. The molecule has 0 spiro atoms. The summed E-state index contributed by atoms with van der Waals surface area (Å²) >= 11 is 0. The number of hydrogen-bond donors (Lipinski definition) is 1. The van der Waals surface area contributed by atoms with E-state index >= 15 is 0 Å². The number of halogens is 4. The third-order valence-electron chi connectivity index (χ3n) is 7.45. The van der Waals surface area contributed by atoms with Crippen LogP contribution in [0.4, 0.5) is 17.6 Å². The van der Waals surface area contributed by atoms with Crippen molar-refractivity contribution in [1.82, 2.24) is 5.32 Å². The third kappa shape index (κ3) is 4.30. The minimum atomic E-state index is -4.75. The number of carbonyl (C=O) groups excluding carboxylic acids is 1. The second-order valence-corrected chi connectivity index (χ2v) is 9.76. The number of nitrogens with one attached hydrogen (secondary N) is 1. The van der Waals surface area contributed by atoms with Gasteiger partial charge < -0.3 is 5.32 Å². The average Bonchev–Trinajstić information content (AvgIpc) is 3.20. The van der Waals surface area contributed by atoms with E-state index in [9.17, 15) is 22.4 Å². The fourth-order valence-electron chi connectivity index (χ4n) is 5.70. The van der Waals surface area contributed by atoms with Crippen LogP contribution in [0.3, 0.4) is 0 Å². The Balaban J connectivity index is 1.53. The summed E-state index contributed by atoms with van der Waals surface area (Å²) in [6.07, 6.45) is 9.76. The highest BCUT2D eigenvalue weighted by atomic mass is 19.4. The predicted molar refractivity (Wildman–Crippen MR) is 140 cm³/mol. The van der Waals surface area contributed by atoms with Gasteiger partial charge in [-0.05, 0) is 75.9 Å². The smallest absolute Gasteiger partial charge is 0.364 e. The molecule has 0 saturated carbocycles. The first-order chi connectivity index (χ1) is 18.3. The minimum Gasteiger partial charge on any atom is -0.364 e. The number of hydrogen-bond acceptors (Lipinski definition) is 2. The summed E-state index contributed by atoms with van der Waals surface area (Å²) < 4.78 is 54.4. The molecule has 0 bridgehead atoms. The molecule has 1 aliphatic heterocycles. The lowest BCUT2D eigenvalue weighted by Gasteiger charge is -2.30. The molecule has 2 unspecified atom stereocenters. The van der Waals surface area contributed by atoms with E-state index in [1.54, 1.807) is 0 Å². The first-order valence-corrected chi connectivity index (χ1v) is 12.4. The first kappa shape index (κ1) is 24.2. The lowest BCUT2D eigenvalue weighted by atomic mass is 9.75. The van der Waals surface area contributed by atoms with Crippen LogP contribution in [0.25, 0.3) is 23.3 Å². The van der Waals surface area contributed by atoms with Gasteiger partial charge in [-0.2, -0.15) is 13.2 Å². The molecule has 38 heavy (non-hydrogen) atoms. The minimum absolute atomic E-state index is 0.206. The molecule has 1 N–H and O–H groups in total. The maximum absolute atomic E-state index is 14.2. The second-order valence-electron chi connectivity index (χ2n) is 9.76. The zero-order valence-electron chi connectivity index (χ0n) is 20.2. The Kier molecular flexibility index (Phi) is 5.90. The summed E-state index contributed by atoms with van der Waals surface area (Å²) in [6, 6.07) is 14.4. The number of carbonyl (C=O) groups is 1. The molecule has 0 saturated heterocycles. The Morgan fingerprint density at radius 1 is 0.921 bits per heavy atom. The predicted octanol–water partition coefficient (Wildman–Crippen LogP) is 6.17. The molecule has 1 heterocycles. The van der Waals surface area contributed by atoms with Crippen molar-refractivity contribution in [2.24, 2.45) is 5.92 Å². The molecule has 190 valence electrons. The van der Waals surface area contributed by atoms with Crippen LogP contribution in [0, 0.1) is 11.7 Å². The number of fused-ring (bicyclic) bond motifs is 5. The van der Waals surface area contributed by atoms with Gasteiger partial charge in [0.1, 0.15) is 5.82 Å². The van der Waals surface area contributed by atoms with Crippen LogP contribution >= 0.6 is 0 Å². The van der Waals surface area contributed by atoms with Gasteiger partial charge in [0.2, 0.25) is 0 Å². The highest BCUT2D eigenvalue weighted by Crippen LogP contribution is 2.36. The van der Waals surface area contributed by atoms with Crippen molar-refractivity contribution in [3.8, 4) is 11.1 Å². The quantitative estimate of drug-likeness (QED) is 0.335. The van der Waals surface area contributed by atoms with Gasteiger partial charge in [-0.25, -0.2) is 4.39 Å². The Hall–Kier alpha value is -4.19. The maximum Gasteiger partial charge on any atom is 0.416 e. The number of ketones is 1. The molecule has 3 aliphatic rings. The molecule has 0 aromatic heterocycles. The van der Waals surface area contributed by atoms with Crippen molar-refractivity contribution in [3.63, 3.8) is 0 Å². The van der Waals surface area contributed by atoms with E-state index in [0.717, 1.165) is 51.4 Å². The van der Waals surface area contributed by atoms with E-state index in [1.165, 1.54) is 5.56 Å².